The Balaban J connectivity index is 2.56. The standard InChI is InChI=1S/C11H8NO2/c1-14-11(13)9-4-5-10-8(7-9)3-2-6-12-10/h2,4-7H,1H3. The van der Waals surface area contributed by atoms with Gasteiger partial charge in [-0.25, -0.2) is 4.79 Å². The van der Waals surface area contributed by atoms with E-state index in [2.05, 4.69) is 15.8 Å². The van der Waals surface area contributed by atoms with E-state index in [9.17, 15) is 4.79 Å². The van der Waals surface area contributed by atoms with E-state index in [0.717, 1.165) is 10.9 Å². The molecule has 1 aromatic carbocycles. The molecule has 3 heteroatoms. The summed E-state index contributed by atoms with van der Waals surface area (Å²) in [5.74, 6) is -0.343. The zero-order valence-electron chi connectivity index (χ0n) is 7.65. The zero-order valence-corrected chi connectivity index (χ0v) is 7.65. The highest BCUT2D eigenvalue weighted by atomic mass is 16.5. The number of fused-ring (bicyclic) bond motifs is 1. The molecular weight excluding hydrogens is 178 g/mol. The minimum atomic E-state index is -0.343. The summed E-state index contributed by atoms with van der Waals surface area (Å²) in [7, 11) is 1.36. The van der Waals surface area contributed by atoms with Crippen LogP contribution in [0.15, 0.2) is 30.5 Å². The fourth-order valence-corrected chi connectivity index (χ4v) is 1.25. The minimum Gasteiger partial charge on any atom is -0.465 e. The van der Waals surface area contributed by atoms with Gasteiger partial charge < -0.3 is 4.74 Å². The average molecular weight is 186 g/mol. The van der Waals surface area contributed by atoms with E-state index >= 15 is 0 Å². The molecule has 3 nitrogen and oxygen atoms in total. The van der Waals surface area contributed by atoms with Crippen LogP contribution in [0.25, 0.3) is 10.9 Å². The summed E-state index contributed by atoms with van der Waals surface area (Å²) in [5, 5.41) is 0.815. The molecule has 69 valence electrons. The number of rotatable bonds is 1. The van der Waals surface area contributed by atoms with Crippen molar-refractivity contribution in [3.05, 3.63) is 42.1 Å². The molecule has 0 N–H and O–H groups in total. The second kappa shape index (κ2) is 3.46. The first-order valence-electron chi connectivity index (χ1n) is 4.16. The first kappa shape index (κ1) is 8.69. The minimum absolute atomic E-state index is 0.343. The van der Waals surface area contributed by atoms with Crippen LogP contribution in [-0.4, -0.2) is 18.1 Å². The maximum absolute atomic E-state index is 11.2. The summed E-state index contributed by atoms with van der Waals surface area (Å²) in [6.07, 6.45) is 1.67. The fourth-order valence-electron chi connectivity index (χ4n) is 1.25. The predicted octanol–water partition coefficient (Wildman–Crippen LogP) is 1.82. The van der Waals surface area contributed by atoms with Crippen LogP contribution < -0.4 is 0 Å². The smallest absolute Gasteiger partial charge is 0.337 e. The van der Waals surface area contributed by atoms with E-state index in [-0.39, 0.29) is 5.97 Å². The van der Waals surface area contributed by atoms with Crippen LogP contribution in [0.2, 0.25) is 0 Å². The number of aromatic nitrogens is 1. The van der Waals surface area contributed by atoms with Crippen molar-refractivity contribution >= 4 is 16.9 Å². The molecule has 1 heterocycles. The Kier molecular flexibility index (Phi) is 2.14. The van der Waals surface area contributed by atoms with E-state index in [1.807, 2.05) is 0 Å². The number of ether oxygens (including phenoxy) is 1. The molecule has 0 atom stereocenters. The Morgan fingerprint density at radius 3 is 3.14 bits per heavy atom. The molecule has 0 aliphatic rings. The highest BCUT2D eigenvalue weighted by molar-refractivity contribution is 5.94. The zero-order chi connectivity index (χ0) is 9.97. The number of hydrogen-bond donors (Lipinski definition) is 0. The first-order chi connectivity index (χ1) is 6.81. The molecule has 0 saturated heterocycles. The molecule has 1 aromatic heterocycles. The Labute approximate surface area is 81.3 Å². The van der Waals surface area contributed by atoms with Gasteiger partial charge in [0.1, 0.15) is 0 Å². The van der Waals surface area contributed by atoms with E-state index < -0.39 is 0 Å². The number of esters is 1. The molecule has 0 unspecified atom stereocenters. The van der Waals surface area contributed by atoms with Crippen molar-refractivity contribution < 1.29 is 9.53 Å². The molecular formula is C11H8NO2. The van der Waals surface area contributed by atoms with Crippen LogP contribution in [-0.2, 0) is 4.74 Å². The van der Waals surface area contributed by atoms with Crippen molar-refractivity contribution in [3.8, 4) is 0 Å². The van der Waals surface area contributed by atoms with Gasteiger partial charge in [-0.05, 0) is 30.3 Å². The van der Waals surface area contributed by atoms with Gasteiger partial charge in [0.2, 0.25) is 0 Å². The van der Waals surface area contributed by atoms with Crippen LogP contribution in [0, 0.1) is 6.07 Å². The second-order valence-corrected chi connectivity index (χ2v) is 2.81. The molecule has 0 bridgehead atoms. The van der Waals surface area contributed by atoms with Crippen molar-refractivity contribution in [2.75, 3.05) is 7.11 Å². The Bertz CT molecular complexity index is 479. The number of pyridine rings is 1. The van der Waals surface area contributed by atoms with E-state index in [4.69, 9.17) is 0 Å². The summed E-state index contributed by atoms with van der Waals surface area (Å²) in [6.45, 7) is 0. The average Bonchev–Trinajstić information content (AvgIpc) is 2.27. The van der Waals surface area contributed by atoms with Crippen LogP contribution in [0.4, 0.5) is 0 Å². The molecule has 0 aliphatic carbocycles. The third-order valence-electron chi connectivity index (χ3n) is 1.94. The normalized spacial score (nSPS) is 10.1. The Hall–Kier alpha value is -1.90. The SMILES string of the molecule is COC(=O)c1ccc2ncc[c]c2c1. The first-order valence-corrected chi connectivity index (χ1v) is 4.16. The molecule has 0 aliphatic heterocycles. The molecule has 0 saturated carbocycles. The number of benzene rings is 1. The van der Waals surface area contributed by atoms with Crippen LogP contribution in [0.3, 0.4) is 0 Å². The van der Waals surface area contributed by atoms with E-state index in [1.165, 1.54) is 7.11 Å². The lowest BCUT2D eigenvalue weighted by atomic mass is 10.1. The number of methoxy groups -OCH3 is 1. The van der Waals surface area contributed by atoms with Crippen LogP contribution in [0.5, 0.6) is 0 Å². The number of carbonyl (C=O) groups excluding carboxylic acids is 1. The summed E-state index contributed by atoms with van der Waals surface area (Å²) >= 11 is 0. The van der Waals surface area contributed by atoms with Gasteiger partial charge in [0.25, 0.3) is 0 Å². The van der Waals surface area contributed by atoms with Crippen LogP contribution >= 0.6 is 0 Å². The van der Waals surface area contributed by atoms with Crippen molar-refractivity contribution in [1.29, 1.82) is 0 Å². The van der Waals surface area contributed by atoms with Gasteiger partial charge in [-0.1, -0.05) is 0 Å². The summed E-state index contributed by atoms with van der Waals surface area (Å²) in [5.41, 5.74) is 1.34. The van der Waals surface area contributed by atoms with Gasteiger partial charge in [-0.3, -0.25) is 4.98 Å². The van der Waals surface area contributed by atoms with Gasteiger partial charge in [0, 0.05) is 11.6 Å². The monoisotopic (exact) mass is 186 g/mol. The topological polar surface area (TPSA) is 39.2 Å². The van der Waals surface area contributed by atoms with Gasteiger partial charge in [0.05, 0.1) is 18.2 Å². The predicted molar refractivity (Wildman–Crippen MR) is 51.9 cm³/mol. The van der Waals surface area contributed by atoms with Gasteiger partial charge >= 0.3 is 5.97 Å². The summed E-state index contributed by atoms with van der Waals surface area (Å²) in [4.78, 5) is 15.3. The second-order valence-electron chi connectivity index (χ2n) is 2.81. The number of carbonyl (C=O) groups is 1. The lowest BCUT2D eigenvalue weighted by Gasteiger charge is -2.00. The highest BCUT2D eigenvalue weighted by Crippen LogP contribution is 2.13. The van der Waals surface area contributed by atoms with Crippen molar-refractivity contribution in [1.82, 2.24) is 4.98 Å². The Morgan fingerprint density at radius 2 is 2.36 bits per heavy atom. The Morgan fingerprint density at radius 1 is 1.50 bits per heavy atom. The number of nitrogens with zero attached hydrogens (tertiary/aromatic N) is 1. The molecule has 2 rings (SSSR count). The fraction of sp³-hybridized carbons (Fsp3) is 0.0909. The van der Waals surface area contributed by atoms with Crippen molar-refractivity contribution in [3.63, 3.8) is 0 Å². The highest BCUT2D eigenvalue weighted by Gasteiger charge is 2.05. The maximum Gasteiger partial charge on any atom is 0.337 e. The molecule has 2 aromatic rings. The van der Waals surface area contributed by atoms with Crippen molar-refractivity contribution in [2.24, 2.45) is 0 Å². The molecule has 0 fully saturated rings. The third kappa shape index (κ3) is 1.44. The third-order valence-corrected chi connectivity index (χ3v) is 1.94. The molecule has 0 amide bonds. The van der Waals surface area contributed by atoms with Gasteiger partial charge in [-0.15, -0.1) is 0 Å². The number of hydrogen-bond acceptors (Lipinski definition) is 3. The summed E-state index contributed by atoms with van der Waals surface area (Å²) < 4.78 is 4.61. The quantitative estimate of drug-likeness (QED) is 0.638. The van der Waals surface area contributed by atoms with Crippen molar-refractivity contribution in [2.45, 2.75) is 0 Å². The molecule has 14 heavy (non-hydrogen) atoms. The lowest BCUT2D eigenvalue weighted by molar-refractivity contribution is 0.0601. The van der Waals surface area contributed by atoms with Crippen LogP contribution in [0.1, 0.15) is 10.4 Å². The largest absolute Gasteiger partial charge is 0.465 e. The van der Waals surface area contributed by atoms with E-state index in [1.54, 1.807) is 30.5 Å². The maximum atomic E-state index is 11.2. The van der Waals surface area contributed by atoms with Gasteiger partial charge in [0.15, 0.2) is 0 Å². The van der Waals surface area contributed by atoms with E-state index in [0.29, 0.717) is 5.56 Å². The summed E-state index contributed by atoms with van der Waals surface area (Å²) in [6, 6.07) is 9.89. The molecule has 1 radical (unpaired) electrons. The lowest BCUT2D eigenvalue weighted by Crippen LogP contribution is -2.00. The molecule has 0 spiro atoms. The van der Waals surface area contributed by atoms with Gasteiger partial charge in [-0.2, -0.15) is 0 Å².